The van der Waals surface area contributed by atoms with Crippen LogP contribution in [0.4, 0.5) is 0 Å². The molecule has 1 atom stereocenters. The number of rotatable bonds is 5. The highest BCUT2D eigenvalue weighted by molar-refractivity contribution is 6.46. The SMILES string of the molecule is COCCN1C(=O)C(=O)/C(=C(\O)c2ccc3c(c2)OCO3)C1c1ccc(Cl)cc1. The molecule has 2 heterocycles. The monoisotopic (exact) mass is 415 g/mol. The summed E-state index contributed by atoms with van der Waals surface area (Å²) in [5, 5.41) is 11.5. The van der Waals surface area contributed by atoms with Crippen LogP contribution >= 0.6 is 11.6 Å². The molecule has 0 bridgehead atoms. The van der Waals surface area contributed by atoms with Crippen molar-refractivity contribution >= 4 is 29.1 Å². The molecule has 0 radical (unpaired) electrons. The van der Waals surface area contributed by atoms with Gasteiger partial charge in [0.1, 0.15) is 5.76 Å². The van der Waals surface area contributed by atoms with Crippen LogP contribution in [0.15, 0.2) is 48.0 Å². The third-order valence-corrected chi connectivity index (χ3v) is 5.16. The lowest BCUT2D eigenvalue weighted by molar-refractivity contribution is -0.140. The standard InChI is InChI=1S/C21H18ClNO6/c1-27-9-8-23-18(12-2-5-14(22)6-3-12)17(20(25)21(23)26)19(24)13-4-7-15-16(10-13)29-11-28-15/h2-7,10,18,24H,8-9,11H2,1H3/b19-17-. The Morgan fingerprint density at radius 2 is 1.90 bits per heavy atom. The lowest BCUT2D eigenvalue weighted by Gasteiger charge is -2.25. The largest absolute Gasteiger partial charge is 0.507 e. The molecule has 2 aliphatic rings. The van der Waals surface area contributed by atoms with E-state index in [0.29, 0.717) is 27.6 Å². The number of nitrogens with zero attached hydrogens (tertiary/aromatic N) is 1. The van der Waals surface area contributed by atoms with Gasteiger partial charge in [0, 0.05) is 24.2 Å². The Hall–Kier alpha value is -3.03. The number of aliphatic hydroxyl groups is 1. The van der Waals surface area contributed by atoms with Gasteiger partial charge in [-0.3, -0.25) is 9.59 Å². The van der Waals surface area contributed by atoms with Gasteiger partial charge in [0.05, 0.1) is 18.2 Å². The summed E-state index contributed by atoms with van der Waals surface area (Å²) in [4.78, 5) is 26.9. The minimum Gasteiger partial charge on any atom is -0.507 e. The summed E-state index contributed by atoms with van der Waals surface area (Å²) >= 11 is 5.99. The average Bonchev–Trinajstić information content (AvgIpc) is 3.29. The first-order chi connectivity index (χ1) is 14.0. The fourth-order valence-corrected chi connectivity index (χ4v) is 3.62. The van der Waals surface area contributed by atoms with Crippen LogP contribution in [0, 0.1) is 0 Å². The van der Waals surface area contributed by atoms with Crippen LogP contribution < -0.4 is 9.47 Å². The number of benzene rings is 2. The zero-order valence-electron chi connectivity index (χ0n) is 15.6. The fraction of sp³-hybridized carbons (Fsp3) is 0.238. The quantitative estimate of drug-likeness (QED) is 0.459. The maximum Gasteiger partial charge on any atom is 0.295 e. The Kier molecular flexibility index (Phi) is 5.17. The topological polar surface area (TPSA) is 85.3 Å². The molecule has 1 N–H and O–H groups in total. The normalized spacial score (nSPS) is 19.8. The van der Waals surface area contributed by atoms with Crippen LogP contribution in [0.25, 0.3) is 5.76 Å². The average molecular weight is 416 g/mol. The van der Waals surface area contributed by atoms with Crippen molar-refractivity contribution in [3.05, 3.63) is 64.2 Å². The van der Waals surface area contributed by atoms with Crippen molar-refractivity contribution in [2.45, 2.75) is 6.04 Å². The molecule has 0 aromatic heterocycles. The highest BCUT2D eigenvalue weighted by Gasteiger charge is 2.45. The molecule has 0 spiro atoms. The highest BCUT2D eigenvalue weighted by Crippen LogP contribution is 2.41. The molecule has 1 amide bonds. The van der Waals surface area contributed by atoms with Gasteiger partial charge in [0.15, 0.2) is 11.5 Å². The molecule has 1 unspecified atom stereocenters. The number of aliphatic hydroxyl groups excluding tert-OH is 1. The van der Waals surface area contributed by atoms with E-state index in [4.69, 9.17) is 25.8 Å². The molecular formula is C21H18ClNO6. The number of carbonyl (C=O) groups is 2. The van der Waals surface area contributed by atoms with Crippen LogP contribution in [0.1, 0.15) is 17.2 Å². The number of halogens is 1. The Morgan fingerprint density at radius 1 is 1.17 bits per heavy atom. The Labute approximate surface area is 172 Å². The van der Waals surface area contributed by atoms with E-state index >= 15 is 0 Å². The smallest absolute Gasteiger partial charge is 0.295 e. The Morgan fingerprint density at radius 3 is 2.62 bits per heavy atom. The van der Waals surface area contributed by atoms with Gasteiger partial charge in [-0.2, -0.15) is 0 Å². The first kappa shape index (κ1) is 19.3. The predicted octanol–water partition coefficient (Wildman–Crippen LogP) is 3.14. The van der Waals surface area contributed by atoms with Crippen molar-refractivity contribution in [2.24, 2.45) is 0 Å². The molecule has 150 valence electrons. The summed E-state index contributed by atoms with van der Waals surface area (Å²) in [6, 6.07) is 10.9. The zero-order valence-corrected chi connectivity index (χ0v) is 16.3. The van der Waals surface area contributed by atoms with Crippen molar-refractivity contribution in [2.75, 3.05) is 27.1 Å². The summed E-state index contributed by atoms with van der Waals surface area (Å²) in [5.41, 5.74) is 1.03. The van der Waals surface area contributed by atoms with Gasteiger partial charge < -0.3 is 24.2 Å². The molecular weight excluding hydrogens is 398 g/mol. The number of Topliss-reactive ketones (excluding diaryl/α,β-unsaturated/α-hetero) is 1. The highest BCUT2D eigenvalue weighted by atomic mass is 35.5. The second-order valence-corrected chi connectivity index (χ2v) is 7.04. The van der Waals surface area contributed by atoms with Crippen LogP contribution in [-0.4, -0.2) is 48.8 Å². The molecule has 2 aromatic carbocycles. The molecule has 4 rings (SSSR count). The maximum atomic E-state index is 12.8. The van der Waals surface area contributed by atoms with Gasteiger partial charge in [-0.05, 0) is 35.9 Å². The molecule has 1 saturated heterocycles. The number of methoxy groups -OCH3 is 1. The number of hydrogen-bond acceptors (Lipinski definition) is 6. The first-order valence-electron chi connectivity index (χ1n) is 8.94. The summed E-state index contributed by atoms with van der Waals surface area (Å²) in [5.74, 6) is -0.705. The molecule has 0 aliphatic carbocycles. The molecule has 0 saturated carbocycles. The number of amides is 1. The second kappa shape index (κ2) is 7.77. The van der Waals surface area contributed by atoms with Gasteiger partial charge in [-0.15, -0.1) is 0 Å². The Balaban J connectivity index is 1.83. The van der Waals surface area contributed by atoms with Crippen molar-refractivity contribution in [3.8, 4) is 11.5 Å². The minimum atomic E-state index is -0.757. The summed E-state index contributed by atoms with van der Waals surface area (Å²) in [6.45, 7) is 0.541. The molecule has 8 heteroatoms. The molecule has 1 fully saturated rings. The predicted molar refractivity (Wildman–Crippen MR) is 105 cm³/mol. The summed E-state index contributed by atoms with van der Waals surface area (Å²) in [6.07, 6.45) is 0. The number of likely N-dealkylation sites (tertiary alicyclic amines) is 1. The third-order valence-electron chi connectivity index (χ3n) is 4.91. The van der Waals surface area contributed by atoms with E-state index in [9.17, 15) is 14.7 Å². The molecule has 2 aromatic rings. The summed E-state index contributed by atoms with van der Waals surface area (Å²) in [7, 11) is 1.51. The van der Waals surface area contributed by atoms with Crippen molar-refractivity contribution < 1.29 is 28.9 Å². The van der Waals surface area contributed by atoms with Crippen LogP contribution in [0.2, 0.25) is 5.02 Å². The van der Waals surface area contributed by atoms with E-state index in [1.54, 1.807) is 42.5 Å². The summed E-state index contributed by atoms with van der Waals surface area (Å²) < 4.78 is 15.7. The van der Waals surface area contributed by atoms with Gasteiger partial charge in [-0.25, -0.2) is 0 Å². The van der Waals surface area contributed by atoms with Gasteiger partial charge in [0.25, 0.3) is 11.7 Å². The van der Waals surface area contributed by atoms with E-state index in [1.165, 1.54) is 12.0 Å². The number of ether oxygens (including phenoxy) is 3. The van der Waals surface area contributed by atoms with E-state index in [1.807, 2.05) is 0 Å². The van der Waals surface area contributed by atoms with Gasteiger partial charge in [-0.1, -0.05) is 23.7 Å². The van der Waals surface area contributed by atoms with E-state index in [0.717, 1.165) is 0 Å². The van der Waals surface area contributed by atoms with E-state index in [2.05, 4.69) is 0 Å². The van der Waals surface area contributed by atoms with Crippen LogP contribution in [0.3, 0.4) is 0 Å². The number of fused-ring (bicyclic) bond motifs is 1. The van der Waals surface area contributed by atoms with Crippen molar-refractivity contribution in [1.29, 1.82) is 0 Å². The van der Waals surface area contributed by atoms with E-state index in [-0.39, 0.29) is 31.3 Å². The van der Waals surface area contributed by atoms with Crippen LogP contribution in [0.5, 0.6) is 11.5 Å². The number of hydrogen-bond donors (Lipinski definition) is 1. The Bertz CT molecular complexity index is 1000. The number of carbonyl (C=O) groups excluding carboxylic acids is 2. The lowest BCUT2D eigenvalue weighted by atomic mass is 9.95. The molecule has 29 heavy (non-hydrogen) atoms. The molecule has 7 nitrogen and oxygen atoms in total. The van der Waals surface area contributed by atoms with Crippen LogP contribution in [-0.2, 0) is 14.3 Å². The minimum absolute atomic E-state index is 0.00675. The van der Waals surface area contributed by atoms with Crippen molar-refractivity contribution in [3.63, 3.8) is 0 Å². The number of ketones is 1. The lowest BCUT2D eigenvalue weighted by Crippen LogP contribution is -2.32. The third kappa shape index (κ3) is 3.43. The first-order valence-corrected chi connectivity index (χ1v) is 9.32. The van der Waals surface area contributed by atoms with Crippen molar-refractivity contribution in [1.82, 2.24) is 4.90 Å². The second-order valence-electron chi connectivity index (χ2n) is 6.60. The fourth-order valence-electron chi connectivity index (χ4n) is 3.49. The van der Waals surface area contributed by atoms with Gasteiger partial charge in [0.2, 0.25) is 6.79 Å². The molecule has 2 aliphatic heterocycles. The van der Waals surface area contributed by atoms with Gasteiger partial charge >= 0.3 is 0 Å². The zero-order chi connectivity index (χ0) is 20.5. The van der Waals surface area contributed by atoms with E-state index < -0.39 is 17.7 Å². The maximum absolute atomic E-state index is 12.8.